The predicted octanol–water partition coefficient (Wildman–Crippen LogP) is 0.0552. The molecule has 0 atom stereocenters. The van der Waals surface area contributed by atoms with Gasteiger partial charge in [-0.1, -0.05) is 0 Å². The Balaban J connectivity index is 3.06. The molecule has 0 rings (SSSR count). The number of rotatable bonds is 15. The first-order chi connectivity index (χ1) is 10.3. The van der Waals surface area contributed by atoms with E-state index in [4.69, 9.17) is 28.4 Å². The molecule has 0 aromatic heterocycles. The molecular weight excluding hydrogens is 282 g/mol. The third-order valence-corrected chi connectivity index (χ3v) is 2.21. The summed E-state index contributed by atoms with van der Waals surface area (Å²) >= 11 is 0. The maximum absolute atomic E-state index is 11.1. The molecule has 21 heavy (non-hydrogen) atoms. The molecule has 0 spiro atoms. The van der Waals surface area contributed by atoms with Gasteiger partial charge in [0.15, 0.2) is 0 Å². The number of nitrogens with one attached hydrogen (secondary N) is 1. The third-order valence-electron chi connectivity index (χ3n) is 2.21. The fourth-order valence-corrected chi connectivity index (χ4v) is 1.18. The molecule has 0 aliphatic heterocycles. The number of alkyl carbamates (subject to hydrolysis) is 1. The molecule has 0 saturated carbocycles. The smallest absolute Gasteiger partial charge is 0.407 e. The Morgan fingerprint density at radius 1 is 0.714 bits per heavy atom. The Hall–Kier alpha value is -0.930. The van der Waals surface area contributed by atoms with Gasteiger partial charge in [0.05, 0.1) is 52.9 Å². The zero-order valence-electron chi connectivity index (χ0n) is 12.9. The van der Waals surface area contributed by atoms with Crippen LogP contribution in [-0.4, -0.2) is 86.3 Å². The summed E-state index contributed by atoms with van der Waals surface area (Å²) in [5.41, 5.74) is 0. The number of carbonyl (C=O) groups is 1. The van der Waals surface area contributed by atoms with E-state index in [-0.39, 0.29) is 6.61 Å². The third kappa shape index (κ3) is 17.0. The van der Waals surface area contributed by atoms with Gasteiger partial charge in [0.25, 0.3) is 0 Å². The molecule has 1 amide bonds. The molecule has 0 aromatic rings. The van der Waals surface area contributed by atoms with Gasteiger partial charge in [0.1, 0.15) is 6.61 Å². The van der Waals surface area contributed by atoms with E-state index in [0.717, 1.165) is 0 Å². The largest absolute Gasteiger partial charge is 0.447 e. The number of amides is 1. The van der Waals surface area contributed by atoms with Crippen LogP contribution in [0.4, 0.5) is 4.79 Å². The van der Waals surface area contributed by atoms with Crippen LogP contribution in [-0.2, 0) is 28.4 Å². The highest BCUT2D eigenvalue weighted by molar-refractivity contribution is 5.66. The van der Waals surface area contributed by atoms with Crippen molar-refractivity contribution in [2.75, 3.05) is 80.2 Å². The van der Waals surface area contributed by atoms with Gasteiger partial charge in [-0.25, -0.2) is 4.79 Å². The van der Waals surface area contributed by atoms with Crippen molar-refractivity contribution in [2.45, 2.75) is 0 Å². The van der Waals surface area contributed by atoms with Crippen molar-refractivity contribution in [1.82, 2.24) is 5.32 Å². The first-order valence-electron chi connectivity index (χ1n) is 6.93. The molecule has 0 heterocycles. The van der Waals surface area contributed by atoms with Gasteiger partial charge in [0, 0.05) is 20.8 Å². The SMILES string of the molecule is COCCNC(=O)OCCOCCOCCOCCOC. The van der Waals surface area contributed by atoms with Crippen molar-refractivity contribution in [3.63, 3.8) is 0 Å². The topological polar surface area (TPSA) is 84.5 Å². The van der Waals surface area contributed by atoms with Crippen molar-refractivity contribution in [3.8, 4) is 0 Å². The van der Waals surface area contributed by atoms with Crippen molar-refractivity contribution in [2.24, 2.45) is 0 Å². The molecule has 0 aromatic carbocycles. The lowest BCUT2D eigenvalue weighted by molar-refractivity contribution is -0.00233. The second-order valence-electron chi connectivity index (χ2n) is 3.89. The number of hydrogen-bond acceptors (Lipinski definition) is 7. The van der Waals surface area contributed by atoms with Crippen LogP contribution in [0.5, 0.6) is 0 Å². The highest BCUT2D eigenvalue weighted by Crippen LogP contribution is 1.84. The second-order valence-corrected chi connectivity index (χ2v) is 3.89. The molecule has 0 bridgehead atoms. The zero-order chi connectivity index (χ0) is 15.6. The maximum atomic E-state index is 11.1. The minimum atomic E-state index is -0.472. The average Bonchev–Trinajstić information content (AvgIpc) is 2.48. The molecule has 1 N–H and O–H groups in total. The van der Waals surface area contributed by atoms with E-state index in [0.29, 0.717) is 59.4 Å². The first-order valence-corrected chi connectivity index (χ1v) is 6.93. The zero-order valence-corrected chi connectivity index (χ0v) is 12.9. The van der Waals surface area contributed by atoms with E-state index in [9.17, 15) is 4.79 Å². The number of methoxy groups -OCH3 is 2. The highest BCUT2D eigenvalue weighted by atomic mass is 16.6. The van der Waals surface area contributed by atoms with Crippen LogP contribution in [0.3, 0.4) is 0 Å². The monoisotopic (exact) mass is 309 g/mol. The summed E-state index contributed by atoms with van der Waals surface area (Å²) in [4.78, 5) is 11.1. The van der Waals surface area contributed by atoms with Crippen LogP contribution in [0, 0.1) is 0 Å². The van der Waals surface area contributed by atoms with Crippen LogP contribution >= 0.6 is 0 Å². The van der Waals surface area contributed by atoms with E-state index < -0.39 is 6.09 Å². The van der Waals surface area contributed by atoms with Crippen molar-refractivity contribution in [1.29, 1.82) is 0 Å². The van der Waals surface area contributed by atoms with Crippen LogP contribution < -0.4 is 5.32 Å². The van der Waals surface area contributed by atoms with E-state index in [1.165, 1.54) is 0 Å². The van der Waals surface area contributed by atoms with Gasteiger partial charge in [-0.15, -0.1) is 0 Å². The lowest BCUT2D eigenvalue weighted by atomic mass is 10.7. The Bertz CT molecular complexity index is 229. The minimum absolute atomic E-state index is 0.207. The number of hydrogen-bond donors (Lipinski definition) is 1. The maximum Gasteiger partial charge on any atom is 0.407 e. The Labute approximate surface area is 126 Å². The van der Waals surface area contributed by atoms with Crippen LogP contribution in [0.25, 0.3) is 0 Å². The van der Waals surface area contributed by atoms with Gasteiger partial charge in [0.2, 0.25) is 0 Å². The fourth-order valence-electron chi connectivity index (χ4n) is 1.18. The number of carbonyl (C=O) groups excluding carboxylic acids is 1. The molecule has 0 fully saturated rings. The summed E-state index contributed by atoms with van der Waals surface area (Å²) in [5.74, 6) is 0. The lowest BCUT2D eigenvalue weighted by Gasteiger charge is -2.08. The molecule has 8 heteroatoms. The van der Waals surface area contributed by atoms with E-state index >= 15 is 0 Å². The standard InChI is InChI=1S/C13H27NO7/c1-16-4-3-14-13(15)21-12-11-20-10-9-19-8-7-18-6-5-17-2/h3-12H2,1-2H3,(H,14,15). The summed E-state index contributed by atoms with van der Waals surface area (Å²) in [6.45, 7) is 4.57. The molecule has 0 aliphatic rings. The number of ether oxygens (including phenoxy) is 6. The van der Waals surface area contributed by atoms with Gasteiger partial charge in [-0.2, -0.15) is 0 Å². The molecule has 0 saturated heterocycles. The summed E-state index contributed by atoms with van der Waals surface area (Å²) < 4.78 is 30.2. The second kappa shape index (κ2) is 17.1. The van der Waals surface area contributed by atoms with Crippen molar-refractivity contribution >= 4 is 6.09 Å². The Morgan fingerprint density at radius 3 is 1.71 bits per heavy atom. The quantitative estimate of drug-likeness (QED) is 0.428. The average molecular weight is 309 g/mol. The van der Waals surface area contributed by atoms with E-state index in [1.54, 1.807) is 14.2 Å². The fraction of sp³-hybridized carbons (Fsp3) is 0.923. The summed E-state index contributed by atoms with van der Waals surface area (Å²) in [7, 11) is 3.19. The van der Waals surface area contributed by atoms with E-state index in [2.05, 4.69) is 5.32 Å². The van der Waals surface area contributed by atoms with Crippen molar-refractivity contribution in [3.05, 3.63) is 0 Å². The van der Waals surface area contributed by atoms with Gasteiger partial charge >= 0.3 is 6.09 Å². The predicted molar refractivity (Wildman–Crippen MR) is 75.6 cm³/mol. The Morgan fingerprint density at radius 2 is 1.19 bits per heavy atom. The highest BCUT2D eigenvalue weighted by Gasteiger charge is 2.00. The van der Waals surface area contributed by atoms with Gasteiger partial charge in [-0.05, 0) is 0 Å². The van der Waals surface area contributed by atoms with Gasteiger partial charge in [-0.3, -0.25) is 0 Å². The van der Waals surface area contributed by atoms with Crippen molar-refractivity contribution < 1.29 is 33.2 Å². The molecular formula is C13H27NO7. The molecule has 0 radical (unpaired) electrons. The first kappa shape index (κ1) is 20.1. The Kier molecular flexibility index (Phi) is 16.4. The van der Waals surface area contributed by atoms with Crippen LogP contribution in [0.15, 0.2) is 0 Å². The van der Waals surface area contributed by atoms with Crippen LogP contribution in [0.1, 0.15) is 0 Å². The summed E-state index contributed by atoms with van der Waals surface area (Å²) in [5, 5.41) is 2.53. The molecule has 0 unspecified atom stereocenters. The summed E-state index contributed by atoms with van der Waals surface area (Å²) in [6.07, 6.45) is -0.472. The van der Waals surface area contributed by atoms with E-state index in [1.807, 2.05) is 0 Å². The normalized spacial score (nSPS) is 10.6. The minimum Gasteiger partial charge on any atom is -0.447 e. The van der Waals surface area contributed by atoms with Crippen LogP contribution in [0.2, 0.25) is 0 Å². The summed E-state index contributed by atoms with van der Waals surface area (Å²) in [6, 6.07) is 0. The molecule has 126 valence electrons. The molecule has 8 nitrogen and oxygen atoms in total. The lowest BCUT2D eigenvalue weighted by Crippen LogP contribution is -2.28. The van der Waals surface area contributed by atoms with Gasteiger partial charge < -0.3 is 33.7 Å². The molecule has 0 aliphatic carbocycles.